The molecular formula is C11H10F2O2. The van der Waals surface area contributed by atoms with Crippen LogP contribution in [0.5, 0.6) is 0 Å². The molecule has 2 rings (SSSR count). The normalized spacial score (nSPS) is 16.1. The Morgan fingerprint density at radius 2 is 2.07 bits per heavy atom. The van der Waals surface area contributed by atoms with E-state index in [1.807, 2.05) is 0 Å². The minimum absolute atomic E-state index is 0.100. The fourth-order valence-corrected chi connectivity index (χ4v) is 1.80. The van der Waals surface area contributed by atoms with Crippen molar-refractivity contribution in [3.05, 3.63) is 34.4 Å². The summed E-state index contributed by atoms with van der Waals surface area (Å²) in [7, 11) is 0. The lowest BCUT2D eigenvalue weighted by atomic mass is 9.96. The van der Waals surface area contributed by atoms with Crippen LogP contribution in [0.25, 0.3) is 0 Å². The third kappa shape index (κ3) is 1.65. The third-order valence-electron chi connectivity index (χ3n) is 2.59. The smallest absolute Gasteiger partial charge is 0.189 e. The Hall–Kier alpha value is -1.29. The number of carbonyl (C=O) groups excluding carboxylic acids is 1. The highest BCUT2D eigenvalue weighted by Crippen LogP contribution is 2.24. The molecule has 0 atom stereocenters. The highest BCUT2D eigenvalue weighted by Gasteiger charge is 2.23. The zero-order valence-electron chi connectivity index (χ0n) is 8.27. The monoisotopic (exact) mass is 212 g/mol. The molecule has 0 aliphatic carbocycles. The molecule has 1 aromatic carbocycles. The van der Waals surface area contributed by atoms with Crippen LogP contribution < -0.4 is 0 Å². The number of ether oxygens (including phenoxy) is 1. The molecule has 0 saturated carbocycles. The number of hydrogen-bond donors (Lipinski definition) is 0. The van der Waals surface area contributed by atoms with Gasteiger partial charge in [0.05, 0.1) is 6.61 Å². The maximum atomic E-state index is 13.4. The Labute approximate surface area is 85.9 Å². The molecule has 80 valence electrons. The lowest BCUT2D eigenvalue weighted by Gasteiger charge is -2.09. The standard InChI is InChI=1S/C11H10F2O2/c1-6-8(12)4-9(13)7-2-3-15-5-10(14)11(6)7/h4H,2-3,5H2,1H3. The van der Waals surface area contributed by atoms with Gasteiger partial charge < -0.3 is 4.74 Å². The van der Waals surface area contributed by atoms with E-state index in [1.165, 1.54) is 6.92 Å². The summed E-state index contributed by atoms with van der Waals surface area (Å²) in [6.07, 6.45) is 0.314. The molecule has 1 heterocycles. The van der Waals surface area contributed by atoms with Crippen LogP contribution in [0.4, 0.5) is 8.78 Å². The van der Waals surface area contributed by atoms with Crippen molar-refractivity contribution in [1.29, 1.82) is 0 Å². The van der Waals surface area contributed by atoms with E-state index in [1.54, 1.807) is 0 Å². The quantitative estimate of drug-likeness (QED) is 0.657. The van der Waals surface area contributed by atoms with Crippen molar-refractivity contribution < 1.29 is 18.3 Å². The summed E-state index contributed by atoms with van der Waals surface area (Å²) in [6, 6.07) is 0.826. The first-order valence-corrected chi connectivity index (χ1v) is 4.69. The number of fused-ring (bicyclic) bond motifs is 1. The van der Waals surface area contributed by atoms with Crippen LogP contribution in [0.3, 0.4) is 0 Å². The average molecular weight is 212 g/mol. The van der Waals surface area contributed by atoms with E-state index in [-0.39, 0.29) is 29.1 Å². The predicted octanol–water partition coefficient (Wildman–Crippen LogP) is 2.03. The highest BCUT2D eigenvalue weighted by molar-refractivity contribution is 6.00. The number of carbonyl (C=O) groups is 1. The highest BCUT2D eigenvalue weighted by atomic mass is 19.1. The van der Waals surface area contributed by atoms with Gasteiger partial charge in [-0.05, 0) is 18.9 Å². The zero-order valence-corrected chi connectivity index (χ0v) is 8.27. The molecule has 1 aliphatic heterocycles. The van der Waals surface area contributed by atoms with Gasteiger partial charge in [-0.25, -0.2) is 8.78 Å². The first kappa shape index (κ1) is 10.2. The summed E-state index contributed by atoms with van der Waals surface area (Å²) in [5.74, 6) is -1.69. The first-order chi connectivity index (χ1) is 7.11. The van der Waals surface area contributed by atoms with E-state index in [4.69, 9.17) is 4.74 Å². The van der Waals surface area contributed by atoms with Gasteiger partial charge in [0, 0.05) is 17.2 Å². The molecule has 0 bridgehead atoms. The van der Waals surface area contributed by atoms with Crippen LogP contribution in [-0.4, -0.2) is 19.0 Å². The molecule has 0 radical (unpaired) electrons. The Morgan fingerprint density at radius 3 is 2.80 bits per heavy atom. The molecule has 0 N–H and O–H groups in total. The first-order valence-electron chi connectivity index (χ1n) is 4.69. The third-order valence-corrected chi connectivity index (χ3v) is 2.59. The number of hydrogen-bond acceptors (Lipinski definition) is 2. The van der Waals surface area contributed by atoms with E-state index in [0.717, 1.165) is 6.07 Å². The van der Waals surface area contributed by atoms with Crippen molar-refractivity contribution in [2.75, 3.05) is 13.2 Å². The molecule has 15 heavy (non-hydrogen) atoms. The van der Waals surface area contributed by atoms with E-state index in [0.29, 0.717) is 13.0 Å². The number of benzene rings is 1. The van der Waals surface area contributed by atoms with Crippen LogP contribution >= 0.6 is 0 Å². The van der Waals surface area contributed by atoms with Crippen molar-refractivity contribution in [2.45, 2.75) is 13.3 Å². The van der Waals surface area contributed by atoms with Crippen molar-refractivity contribution >= 4 is 5.78 Å². The van der Waals surface area contributed by atoms with Crippen molar-refractivity contribution in [3.63, 3.8) is 0 Å². The lowest BCUT2D eigenvalue weighted by molar-refractivity contribution is 0.0788. The van der Waals surface area contributed by atoms with Crippen molar-refractivity contribution in [1.82, 2.24) is 0 Å². The lowest BCUT2D eigenvalue weighted by Crippen LogP contribution is -2.11. The summed E-state index contributed by atoms with van der Waals surface area (Å²) < 4.78 is 31.7. The SMILES string of the molecule is Cc1c(F)cc(F)c2c1C(=O)COCC2. The fourth-order valence-electron chi connectivity index (χ4n) is 1.80. The molecule has 0 saturated heterocycles. The van der Waals surface area contributed by atoms with Gasteiger partial charge in [-0.15, -0.1) is 0 Å². The molecule has 2 nitrogen and oxygen atoms in total. The second kappa shape index (κ2) is 3.70. The van der Waals surface area contributed by atoms with Crippen molar-refractivity contribution in [2.24, 2.45) is 0 Å². The van der Waals surface area contributed by atoms with Crippen LogP contribution in [-0.2, 0) is 11.2 Å². The van der Waals surface area contributed by atoms with E-state index >= 15 is 0 Å². The van der Waals surface area contributed by atoms with Gasteiger partial charge in [0.15, 0.2) is 5.78 Å². The molecule has 0 aromatic heterocycles. The van der Waals surface area contributed by atoms with Gasteiger partial charge in [-0.2, -0.15) is 0 Å². The second-order valence-electron chi connectivity index (χ2n) is 3.54. The average Bonchev–Trinajstić information content (AvgIpc) is 2.37. The fraction of sp³-hybridized carbons (Fsp3) is 0.364. The van der Waals surface area contributed by atoms with Gasteiger partial charge in [0.25, 0.3) is 0 Å². The molecule has 0 fully saturated rings. The summed E-state index contributed by atoms with van der Waals surface area (Å²) in [5.41, 5.74) is 0.642. The molecule has 1 aromatic rings. The number of rotatable bonds is 0. The van der Waals surface area contributed by atoms with Crippen LogP contribution in [0.1, 0.15) is 21.5 Å². The van der Waals surface area contributed by atoms with Crippen LogP contribution in [0.15, 0.2) is 6.07 Å². The molecule has 0 spiro atoms. The summed E-state index contributed by atoms with van der Waals surface area (Å²) in [4.78, 5) is 11.6. The Bertz CT molecular complexity index is 427. The molecule has 0 amide bonds. The second-order valence-corrected chi connectivity index (χ2v) is 3.54. The number of Topliss-reactive ketones (excluding diaryl/α,β-unsaturated/α-hetero) is 1. The number of ketones is 1. The Morgan fingerprint density at radius 1 is 1.33 bits per heavy atom. The van der Waals surface area contributed by atoms with Gasteiger partial charge in [0.2, 0.25) is 0 Å². The topological polar surface area (TPSA) is 26.3 Å². The maximum Gasteiger partial charge on any atom is 0.189 e. The Kier molecular flexibility index (Phi) is 2.52. The van der Waals surface area contributed by atoms with Crippen molar-refractivity contribution in [3.8, 4) is 0 Å². The molecule has 0 unspecified atom stereocenters. The summed E-state index contributed by atoms with van der Waals surface area (Å²) in [5, 5.41) is 0. The maximum absolute atomic E-state index is 13.4. The minimum atomic E-state index is -0.679. The zero-order chi connectivity index (χ0) is 11.0. The summed E-state index contributed by atoms with van der Waals surface area (Å²) >= 11 is 0. The Balaban J connectivity index is 2.69. The van der Waals surface area contributed by atoms with Crippen LogP contribution in [0, 0.1) is 18.6 Å². The van der Waals surface area contributed by atoms with Gasteiger partial charge in [-0.1, -0.05) is 0 Å². The molecular weight excluding hydrogens is 202 g/mol. The summed E-state index contributed by atoms with van der Waals surface area (Å²) in [6.45, 7) is 1.67. The number of halogens is 2. The van der Waals surface area contributed by atoms with Gasteiger partial charge in [-0.3, -0.25) is 4.79 Å². The van der Waals surface area contributed by atoms with E-state index in [2.05, 4.69) is 0 Å². The predicted molar refractivity (Wildman–Crippen MR) is 49.9 cm³/mol. The van der Waals surface area contributed by atoms with Crippen LogP contribution in [0.2, 0.25) is 0 Å². The minimum Gasteiger partial charge on any atom is -0.373 e. The van der Waals surface area contributed by atoms with E-state index in [9.17, 15) is 13.6 Å². The molecule has 4 heteroatoms. The van der Waals surface area contributed by atoms with Gasteiger partial charge in [0.1, 0.15) is 18.2 Å². The molecule has 1 aliphatic rings. The van der Waals surface area contributed by atoms with E-state index < -0.39 is 11.6 Å². The van der Waals surface area contributed by atoms with Gasteiger partial charge >= 0.3 is 0 Å². The largest absolute Gasteiger partial charge is 0.373 e.